The Bertz CT molecular complexity index is 1260. The van der Waals surface area contributed by atoms with Gasteiger partial charge in [-0.05, 0) is 17.5 Å². The van der Waals surface area contributed by atoms with Crippen LogP contribution < -0.4 is 5.56 Å². The molecule has 5 rings (SSSR count). The maximum absolute atomic E-state index is 12.7. The summed E-state index contributed by atoms with van der Waals surface area (Å²) in [6.07, 6.45) is 0. The molecule has 0 spiro atoms. The van der Waals surface area contributed by atoms with Gasteiger partial charge in [0.05, 0.1) is 17.0 Å². The minimum absolute atomic E-state index is 0.160. The first-order valence-electron chi connectivity index (χ1n) is 9.13. The Kier molecular flexibility index (Phi) is 3.87. The highest BCUT2D eigenvalue weighted by molar-refractivity contribution is 5.85. The molecule has 0 amide bonds. The third-order valence-electron chi connectivity index (χ3n) is 4.82. The predicted octanol–water partition coefficient (Wildman–Crippen LogP) is 5.25. The van der Waals surface area contributed by atoms with Crippen molar-refractivity contribution in [2.45, 2.75) is 0 Å². The minimum Gasteiger partial charge on any atom is -0.337 e. The number of H-pyrrole nitrogens is 2. The van der Waals surface area contributed by atoms with Gasteiger partial charge in [0.15, 0.2) is 0 Å². The van der Waals surface area contributed by atoms with Crippen molar-refractivity contribution in [2.24, 2.45) is 0 Å². The minimum atomic E-state index is -0.160. The zero-order valence-corrected chi connectivity index (χ0v) is 15.0. The molecule has 0 aliphatic carbocycles. The van der Waals surface area contributed by atoms with Gasteiger partial charge in [0, 0.05) is 16.6 Å². The molecule has 134 valence electrons. The lowest BCUT2D eigenvalue weighted by Gasteiger charge is -2.02. The first kappa shape index (κ1) is 16.3. The van der Waals surface area contributed by atoms with Crippen LogP contribution in [0.25, 0.3) is 44.8 Å². The first-order valence-corrected chi connectivity index (χ1v) is 9.13. The number of benzene rings is 3. The van der Waals surface area contributed by atoms with Gasteiger partial charge in [-0.1, -0.05) is 78.9 Å². The fourth-order valence-electron chi connectivity index (χ4n) is 3.44. The van der Waals surface area contributed by atoms with Gasteiger partial charge in [0.25, 0.3) is 5.56 Å². The molecule has 3 aromatic carbocycles. The molecule has 2 heterocycles. The number of para-hydroxylation sites is 1. The summed E-state index contributed by atoms with van der Waals surface area (Å²) in [4.78, 5) is 23.9. The quantitative estimate of drug-likeness (QED) is 0.460. The summed E-state index contributed by atoms with van der Waals surface area (Å²) in [7, 11) is 0. The molecule has 0 bridgehead atoms. The van der Waals surface area contributed by atoms with Crippen LogP contribution in [-0.4, -0.2) is 15.0 Å². The third kappa shape index (κ3) is 2.81. The van der Waals surface area contributed by atoms with Crippen molar-refractivity contribution >= 4 is 10.9 Å². The van der Waals surface area contributed by atoms with Crippen LogP contribution in [0.15, 0.2) is 95.8 Å². The zero-order valence-electron chi connectivity index (χ0n) is 15.0. The van der Waals surface area contributed by atoms with E-state index in [0.717, 1.165) is 33.4 Å². The second kappa shape index (κ2) is 6.67. The van der Waals surface area contributed by atoms with Crippen LogP contribution in [0, 0.1) is 0 Å². The van der Waals surface area contributed by atoms with Crippen molar-refractivity contribution < 1.29 is 0 Å². The number of imidazole rings is 1. The Morgan fingerprint density at radius 1 is 0.679 bits per heavy atom. The Labute approximate surface area is 161 Å². The van der Waals surface area contributed by atoms with Gasteiger partial charge < -0.3 is 9.97 Å². The number of nitrogens with zero attached hydrogens (tertiary/aromatic N) is 1. The average Bonchev–Trinajstić information content (AvgIpc) is 3.20. The fraction of sp³-hybridized carbons (Fsp3) is 0. The lowest BCUT2D eigenvalue weighted by atomic mass is 10.1. The van der Waals surface area contributed by atoms with Gasteiger partial charge >= 0.3 is 0 Å². The topological polar surface area (TPSA) is 61.5 Å². The summed E-state index contributed by atoms with van der Waals surface area (Å²) >= 11 is 0. The Balaban J connectivity index is 1.75. The second-order valence-electron chi connectivity index (χ2n) is 6.64. The van der Waals surface area contributed by atoms with Crippen molar-refractivity contribution in [1.82, 2.24) is 15.0 Å². The van der Waals surface area contributed by atoms with Crippen LogP contribution in [-0.2, 0) is 0 Å². The number of aromatic amines is 2. The van der Waals surface area contributed by atoms with Crippen molar-refractivity contribution in [2.75, 3.05) is 0 Å². The monoisotopic (exact) mass is 363 g/mol. The Hall–Kier alpha value is -3.92. The van der Waals surface area contributed by atoms with E-state index in [0.29, 0.717) is 11.4 Å². The van der Waals surface area contributed by atoms with E-state index >= 15 is 0 Å². The van der Waals surface area contributed by atoms with E-state index in [1.807, 2.05) is 91.0 Å². The maximum Gasteiger partial charge on any atom is 0.259 e. The smallest absolute Gasteiger partial charge is 0.259 e. The molecular weight excluding hydrogens is 346 g/mol. The summed E-state index contributed by atoms with van der Waals surface area (Å²) in [5.74, 6) is 0.560. The lowest BCUT2D eigenvalue weighted by molar-refractivity contribution is 1.24. The van der Waals surface area contributed by atoms with Gasteiger partial charge in [-0.15, -0.1) is 0 Å². The van der Waals surface area contributed by atoms with Crippen LogP contribution in [0.4, 0.5) is 0 Å². The standard InChI is InChI=1S/C24H17N3O/c28-24-19(15-18-13-7-8-14-20(18)25-24)23-26-21(16-9-3-1-4-10-16)22(27-23)17-11-5-2-6-12-17/h1-15H,(H,25,28)(H,26,27). The summed E-state index contributed by atoms with van der Waals surface area (Å²) in [5.41, 5.74) is 4.93. The molecule has 2 N–H and O–H groups in total. The second-order valence-corrected chi connectivity index (χ2v) is 6.64. The zero-order chi connectivity index (χ0) is 18.9. The van der Waals surface area contributed by atoms with Gasteiger partial charge in [0.2, 0.25) is 0 Å². The molecular formula is C24H17N3O. The molecule has 0 saturated carbocycles. The third-order valence-corrected chi connectivity index (χ3v) is 4.82. The van der Waals surface area contributed by atoms with E-state index in [4.69, 9.17) is 4.98 Å². The molecule has 4 nitrogen and oxygen atoms in total. The van der Waals surface area contributed by atoms with Crippen LogP contribution in [0.3, 0.4) is 0 Å². The van der Waals surface area contributed by atoms with E-state index in [-0.39, 0.29) is 5.56 Å². The summed E-state index contributed by atoms with van der Waals surface area (Å²) in [6, 6.07) is 29.7. The van der Waals surface area contributed by atoms with Crippen LogP contribution in [0.1, 0.15) is 0 Å². The van der Waals surface area contributed by atoms with Gasteiger partial charge in [0.1, 0.15) is 5.82 Å². The van der Waals surface area contributed by atoms with Crippen molar-refractivity contribution in [1.29, 1.82) is 0 Å². The van der Waals surface area contributed by atoms with E-state index in [1.165, 1.54) is 0 Å². The normalized spacial score (nSPS) is 11.0. The van der Waals surface area contributed by atoms with Crippen molar-refractivity contribution in [3.8, 4) is 33.9 Å². The highest BCUT2D eigenvalue weighted by Gasteiger charge is 2.17. The maximum atomic E-state index is 12.7. The van der Waals surface area contributed by atoms with Crippen LogP contribution in [0.2, 0.25) is 0 Å². The number of nitrogens with one attached hydrogen (secondary N) is 2. The summed E-state index contributed by atoms with van der Waals surface area (Å²) in [5, 5.41) is 0.969. The van der Waals surface area contributed by atoms with E-state index in [9.17, 15) is 4.79 Å². The van der Waals surface area contributed by atoms with E-state index < -0.39 is 0 Å². The fourth-order valence-corrected chi connectivity index (χ4v) is 3.44. The SMILES string of the molecule is O=c1[nH]c2ccccc2cc1-c1nc(-c2ccccc2)c(-c2ccccc2)[nH]1. The Morgan fingerprint density at radius 2 is 1.32 bits per heavy atom. The number of hydrogen-bond donors (Lipinski definition) is 2. The number of pyridine rings is 1. The summed E-state index contributed by atoms with van der Waals surface area (Å²) in [6.45, 7) is 0. The van der Waals surface area contributed by atoms with E-state index in [2.05, 4.69) is 9.97 Å². The molecule has 0 radical (unpaired) electrons. The molecule has 0 aliphatic rings. The van der Waals surface area contributed by atoms with Crippen molar-refractivity contribution in [3.63, 3.8) is 0 Å². The number of aromatic nitrogens is 3. The molecule has 0 fully saturated rings. The largest absolute Gasteiger partial charge is 0.337 e. The molecule has 0 unspecified atom stereocenters. The number of fused-ring (bicyclic) bond motifs is 1. The molecule has 28 heavy (non-hydrogen) atoms. The molecule has 5 aromatic rings. The molecule has 2 aromatic heterocycles. The molecule has 0 aliphatic heterocycles. The van der Waals surface area contributed by atoms with E-state index in [1.54, 1.807) is 0 Å². The van der Waals surface area contributed by atoms with Gasteiger partial charge in [-0.25, -0.2) is 4.98 Å². The van der Waals surface area contributed by atoms with Crippen LogP contribution >= 0.6 is 0 Å². The molecule has 4 heteroatoms. The molecule has 0 saturated heterocycles. The van der Waals surface area contributed by atoms with Crippen molar-refractivity contribution in [3.05, 3.63) is 101 Å². The average molecular weight is 363 g/mol. The van der Waals surface area contributed by atoms with Gasteiger partial charge in [-0.2, -0.15) is 0 Å². The highest BCUT2D eigenvalue weighted by atomic mass is 16.1. The first-order chi connectivity index (χ1) is 13.8. The highest BCUT2D eigenvalue weighted by Crippen LogP contribution is 2.32. The van der Waals surface area contributed by atoms with Crippen LogP contribution in [0.5, 0.6) is 0 Å². The predicted molar refractivity (Wildman–Crippen MR) is 113 cm³/mol. The number of hydrogen-bond acceptors (Lipinski definition) is 2. The summed E-state index contributed by atoms with van der Waals surface area (Å²) < 4.78 is 0. The van der Waals surface area contributed by atoms with Gasteiger partial charge in [-0.3, -0.25) is 4.79 Å². The Morgan fingerprint density at radius 3 is 2.07 bits per heavy atom. The molecule has 0 atom stereocenters. The lowest BCUT2D eigenvalue weighted by Crippen LogP contribution is -2.09. The number of rotatable bonds is 3.